The molecule has 0 atom stereocenters. The smallest absolute Gasteiger partial charge is 0.263 e. The second-order valence-electron chi connectivity index (χ2n) is 3.63. The summed E-state index contributed by atoms with van der Waals surface area (Å²) in [5, 5.41) is 0.206. The second kappa shape index (κ2) is 5.94. The highest BCUT2D eigenvalue weighted by Gasteiger charge is 2.17. The van der Waals surface area contributed by atoms with Crippen molar-refractivity contribution >= 4 is 43.4 Å². The number of rotatable bonds is 4. The Morgan fingerprint density at radius 1 is 1.30 bits per heavy atom. The van der Waals surface area contributed by atoms with Crippen LogP contribution >= 0.6 is 27.5 Å². The molecule has 1 aromatic heterocycles. The molecule has 0 amide bonds. The van der Waals surface area contributed by atoms with Gasteiger partial charge in [-0.3, -0.25) is 4.72 Å². The van der Waals surface area contributed by atoms with Gasteiger partial charge in [0.1, 0.15) is 10.4 Å². The number of benzene rings is 1. The number of ether oxygens (including phenoxy) is 1. The number of nitrogens with zero attached hydrogens (tertiary/aromatic N) is 2. The average molecular weight is 379 g/mol. The molecule has 0 saturated heterocycles. The molecular formula is C11H9BrClN3O3S. The summed E-state index contributed by atoms with van der Waals surface area (Å²) >= 11 is 9.02. The molecule has 1 heterocycles. The van der Waals surface area contributed by atoms with E-state index in [-0.39, 0.29) is 15.7 Å². The van der Waals surface area contributed by atoms with Gasteiger partial charge in [-0.1, -0.05) is 11.6 Å². The molecule has 0 aliphatic rings. The highest BCUT2D eigenvalue weighted by Crippen LogP contribution is 2.27. The van der Waals surface area contributed by atoms with Crippen LogP contribution in [0, 0.1) is 0 Å². The van der Waals surface area contributed by atoms with Crippen LogP contribution in [-0.2, 0) is 10.0 Å². The zero-order chi connectivity index (χ0) is 14.8. The van der Waals surface area contributed by atoms with Crippen LogP contribution in [0.3, 0.4) is 0 Å². The quantitative estimate of drug-likeness (QED) is 0.884. The van der Waals surface area contributed by atoms with E-state index in [4.69, 9.17) is 16.3 Å². The lowest BCUT2D eigenvalue weighted by molar-refractivity contribution is 0.414. The fourth-order valence-electron chi connectivity index (χ4n) is 1.38. The summed E-state index contributed by atoms with van der Waals surface area (Å²) in [6.07, 6.45) is 2.69. The minimum absolute atomic E-state index is 0.00742. The van der Waals surface area contributed by atoms with Crippen molar-refractivity contribution in [3.63, 3.8) is 0 Å². The van der Waals surface area contributed by atoms with Crippen LogP contribution in [0.5, 0.6) is 5.75 Å². The first-order valence-corrected chi connectivity index (χ1v) is 7.92. The second-order valence-corrected chi connectivity index (χ2v) is 6.53. The lowest BCUT2D eigenvalue weighted by Gasteiger charge is -2.09. The molecule has 1 aromatic carbocycles. The summed E-state index contributed by atoms with van der Waals surface area (Å²) < 4.78 is 32.1. The number of methoxy groups -OCH3 is 1. The maximum Gasteiger partial charge on any atom is 0.263 e. The molecule has 0 saturated carbocycles. The van der Waals surface area contributed by atoms with Gasteiger partial charge in [-0.25, -0.2) is 18.4 Å². The molecule has 0 radical (unpaired) electrons. The number of anilines is 1. The molecule has 20 heavy (non-hydrogen) atoms. The maximum atomic E-state index is 12.1. The Kier molecular flexibility index (Phi) is 4.46. The largest absolute Gasteiger partial charge is 0.495 e. The van der Waals surface area contributed by atoms with E-state index in [0.29, 0.717) is 10.4 Å². The van der Waals surface area contributed by atoms with E-state index in [1.54, 1.807) is 0 Å². The molecule has 0 unspecified atom stereocenters. The first-order chi connectivity index (χ1) is 9.42. The zero-order valence-electron chi connectivity index (χ0n) is 10.2. The van der Waals surface area contributed by atoms with E-state index in [9.17, 15) is 8.42 Å². The lowest BCUT2D eigenvalue weighted by atomic mass is 10.3. The molecule has 2 rings (SSSR count). The number of hydrogen-bond donors (Lipinski definition) is 1. The van der Waals surface area contributed by atoms with Gasteiger partial charge in [0, 0.05) is 0 Å². The Morgan fingerprint density at radius 2 is 2.05 bits per heavy atom. The van der Waals surface area contributed by atoms with Crippen LogP contribution in [0.4, 0.5) is 5.82 Å². The van der Waals surface area contributed by atoms with Crippen LogP contribution in [0.25, 0.3) is 0 Å². The van der Waals surface area contributed by atoms with Gasteiger partial charge in [-0.05, 0) is 34.1 Å². The summed E-state index contributed by atoms with van der Waals surface area (Å²) in [5.74, 6) is 0.509. The van der Waals surface area contributed by atoms with Crippen LogP contribution in [-0.4, -0.2) is 25.5 Å². The molecule has 2 aromatic rings. The van der Waals surface area contributed by atoms with Crippen molar-refractivity contribution in [1.29, 1.82) is 0 Å². The van der Waals surface area contributed by atoms with Crippen molar-refractivity contribution < 1.29 is 13.2 Å². The van der Waals surface area contributed by atoms with Gasteiger partial charge >= 0.3 is 0 Å². The molecule has 0 aliphatic heterocycles. The molecule has 9 heteroatoms. The van der Waals surface area contributed by atoms with Crippen LogP contribution in [0.15, 0.2) is 40.1 Å². The summed E-state index contributed by atoms with van der Waals surface area (Å²) in [6.45, 7) is 0. The molecule has 0 fully saturated rings. The first kappa shape index (κ1) is 15.0. The fourth-order valence-corrected chi connectivity index (χ4v) is 2.92. The van der Waals surface area contributed by atoms with E-state index < -0.39 is 10.0 Å². The Bertz CT molecular complexity index is 722. The lowest BCUT2D eigenvalue weighted by Crippen LogP contribution is -2.14. The van der Waals surface area contributed by atoms with Crippen LogP contribution in [0.2, 0.25) is 5.02 Å². The molecule has 0 aliphatic carbocycles. The average Bonchev–Trinajstić information content (AvgIpc) is 2.41. The topological polar surface area (TPSA) is 81.2 Å². The molecule has 6 nitrogen and oxygen atoms in total. The van der Waals surface area contributed by atoms with Gasteiger partial charge in [0.2, 0.25) is 0 Å². The van der Waals surface area contributed by atoms with Gasteiger partial charge in [0.05, 0.1) is 29.4 Å². The normalized spacial score (nSPS) is 11.2. The van der Waals surface area contributed by atoms with E-state index in [0.717, 1.165) is 0 Å². The van der Waals surface area contributed by atoms with E-state index in [1.165, 1.54) is 37.7 Å². The van der Waals surface area contributed by atoms with E-state index in [1.807, 2.05) is 0 Å². The predicted octanol–water partition coefficient (Wildman–Crippen LogP) is 2.70. The van der Waals surface area contributed by atoms with Crippen molar-refractivity contribution in [1.82, 2.24) is 9.97 Å². The number of nitrogens with one attached hydrogen (secondary N) is 1. The minimum Gasteiger partial charge on any atom is -0.495 e. The standard InChI is InChI=1S/C11H9BrClN3O3S/c1-19-9-3-2-7(4-8(9)13)20(17,18)16-11-6-14-10(12)5-15-11/h2-6H,1H3,(H,15,16). The van der Waals surface area contributed by atoms with Crippen molar-refractivity contribution in [3.05, 3.63) is 40.2 Å². The summed E-state index contributed by atoms with van der Waals surface area (Å²) in [6, 6.07) is 4.17. The first-order valence-electron chi connectivity index (χ1n) is 5.26. The van der Waals surface area contributed by atoms with Crippen molar-refractivity contribution in [2.24, 2.45) is 0 Å². The van der Waals surface area contributed by atoms with Crippen molar-refractivity contribution in [2.75, 3.05) is 11.8 Å². The molecule has 1 N–H and O–H groups in total. The van der Waals surface area contributed by atoms with E-state index in [2.05, 4.69) is 30.6 Å². The Hall–Kier alpha value is -1.38. The SMILES string of the molecule is COc1ccc(S(=O)(=O)Nc2cnc(Br)cn2)cc1Cl. The fraction of sp³-hybridized carbons (Fsp3) is 0.0909. The maximum absolute atomic E-state index is 12.1. The van der Waals surface area contributed by atoms with Crippen molar-refractivity contribution in [3.8, 4) is 5.75 Å². The summed E-state index contributed by atoms with van der Waals surface area (Å²) in [4.78, 5) is 7.78. The van der Waals surface area contributed by atoms with Crippen LogP contribution < -0.4 is 9.46 Å². The van der Waals surface area contributed by atoms with Gasteiger partial charge in [-0.15, -0.1) is 0 Å². The molecule has 0 bridgehead atoms. The minimum atomic E-state index is -3.78. The number of sulfonamides is 1. The van der Waals surface area contributed by atoms with Crippen LogP contribution in [0.1, 0.15) is 0 Å². The molecule has 106 valence electrons. The number of hydrogen-bond acceptors (Lipinski definition) is 5. The summed E-state index contributed by atoms with van der Waals surface area (Å²) in [7, 11) is -2.33. The predicted molar refractivity (Wildman–Crippen MR) is 78.5 cm³/mol. The monoisotopic (exact) mass is 377 g/mol. The van der Waals surface area contributed by atoms with Gasteiger partial charge < -0.3 is 4.74 Å². The molecular weight excluding hydrogens is 370 g/mol. The van der Waals surface area contributed by atoms with E-state index >= 15 is 0 Å². The van der Waals surface area contributed by atoms with Gasteiger partial charge in [0.25, 0.3) is 10.0 Å². The number of aromatic nitrogens is 2. The highest BCUT2D eigenvalue weighted by molar-refractivity contribution is 9.10. The third kappa shape index (κ3) is 3.38. The summed E-state index contributed by atoms with van der Waals surface area (Å²) in [5.41, 5.74) is 0. The Morgan fingerprint density at radius 3 is 2.60 bits per heavy atom. The zero-order valence-corrected chi connectivity index (χ0v) is 13.3. The van der Waals surface area contributed by atoms with Gasteiger partial charge in [-0.2, -0.15) is 0 Å². The third-order valence-corrected chi connectivity index (χ3v) is 4.35. The Labute approximate surface area is 129 Å². The third-order valence-electron chi connectivity index (χ3n) is 2.29. The Balaban J connectivity index is 2.30. The highest BCUT2D eigenvalue weighted by atomic mass is 79.9. The van der Waals surface area contributed by atoms with Crippen molar-refractivity contribution in [2.45, 2.75) is 4.90 Å². The molecule has 0 spiro atoms. The van der Waals surface area contributed by atoms with Gasteiger partial charge in [0.15, 0.2) is 5.82 Å². The number of halogens is 2.